The number of phenolic OH excluding ortho intramolecular Hbond substituents is 1. The van der Waals surface area contributed by atoms with Crippen LogP contribution >= 0.6 is 11.8 Å². The maximum Gasteiger partial charge on any atom is 0.293 e. The van der Waals surface area contributed by atoms with E-state index in [4.69, 9.17) is 5.73 Å². The van der Waals surface area contributed by atoms with Crippen molar-refractivity contribution in [2.45, 2.75) is 24.5 Å². The number of carbonyl (C=O) groups is 1. The highest BCUT2D eigenvalue weighted by atomic mass is 32.2. The Morgan fingerprint density at radius 2 is 1.91 bits per heavy atom. The maximum absolute atomic E-state index is 12.9. The van der Waals surface area contributed by atoms with Gasteiger partial charge in [0.05, 0.1) is 11.4 Å². The Hall–Kier alpha value is -4.19. The number of nitrogen functional groups attached to an aromatic ring is 1. The van der Waals surface area contributed by atoms with Crippen molar-refractivity contribution in [2.24, 2.45) is 5.10 Å². The minimum atomic E-state index is -0.547. The molecular weight excluding hydrogens is 444 g/mol. The number of nitrogens with zero attached hydrogens (tertiary/aromatic N) is 6. The molecule has 4 rings (SSSR count). The van der Waals surface area contributed by atoms with Gasteiger partial charge >= 0.3 is 0 Å². The zero-order chi connectivity index (χ0) is 23.4. The Morgan fingerprint density at radius 1 is 1.18 bits per heavy atom. The summed E-state index contributed by atoms with van der Waals surface area (Å²) in [5.41, 5.74) is 11.3. The normalized spacial score (nSPS) is 11.5. The largest absolute Gasteiger partial charge is 0.508 e. The molecule has 0 bridgehead atoms. The second kappa shape index (κ2) is 9.53. The van der Waals surface area contributed by atoms with Crippen molar-refractivity contribution >= 4 is 29.2 Å². The van der Waals surface area contributed by atoms with Crippen LogP contribution in [0.2, 0.25) is 0 Å². The van der Waals surface area contributed by atoms with E-state index in [1.165, 1.54) is 16.4 Å². The molecule has 0 radical (unpaired) electrons. The van der Waals surface area contributed by atoms with Crippen LogP contribution < -0.4 is 11.2 Å². The second-order valence-corrected chi connectivity index (χ2v) is 8.11. The van der Waals surface area contributed by atoms with Crippen molar-refractivity contribution in [3.63, 3.8) is 0 Å². The van der Waals surface area contributed by atoms with Gasteiger partial charge in [0.2, 0.25) is 11.6 Å². The van der Waals surface area contributed by atoms with E-state index >= 15 is 0 Å². The maximum atomic E-state index is 12.9. The summed E-state index contributed by atoms with van der Waals surface area (Å²) in [6, 6.07) is 14.5. The number of anilines is 1. The Labute approximate surface area is 192 Å². The van der Waals surface area contributed by atoms with Crippen molar-refractivity contribution in [2.75, 3.05) is 5.73 Å². The van der Waals surface area contributed by atoms with Gasteiger partial charge in [-0.25, -0.2) is 10.1 Å². The van der Waals surface area contributed by atoms with Crippen molar-refractivity contribution in [3.05, 3.63) is 71.0 Å². The minimum absolute atomic E-state index is 0.0228. The van der Waals surface area contributed by atoms with Gasteiger partial charge in [-0.3, -0.25) is 4.79 Å². The highest BCUT2D eigenvalue weighted by Gasteiger charge is 2.24. The minimum Gasteiger partial charge on any atom is -0.508 e. The van der Waals surface area contributed by atoms with Crippen LogP contribution in [0.1, 0.15) is 34.2 Å². The molecule has 4 N–H and O–H groups in total. The molecule has 0 spiro atoms. The van der Waals surface area contributed by atoms with Crippen LogP contribution in [0.5, 0.6) is 5.75 Å². The van der Waals surface area contributed by atoms with Crippen LogP contribution in [-0.4, -0.2) is 42.0 Å². The summed E-state index contributed by atoms with van der Waals surface area (Å²) < 4.78 is 6.01. The van der Waals surface area contributed by atoms with Crippen LogP contribution in [0.15, 0.2) is 63.2 Å². The lowest BCUT2D eigenvalue weighted by molar-refractivity contribution is 0.0949. The van der Waals surface area contributed by atoms with E-state index in [1.54, 1.807) is 31.2 Å². The number of rotatable bonds is 7. The Morgan fingerprint density at radius 3 is 2.58 bits per heavy atom. The summed E-state index contributed by atoms with van der Waals surface area (Å²) in [5.74, 6) is 0.115. The smallest absolute Gasteiger partial charge is 0.293 e. The third-order valence-electron chi connectivity index (χ3n) is 4.68. The third-order valence-corrected chi connectivity index (χ3v) is 5.70. The van der Waals surface area contributed by atoms with E-state index < -0.39 is 5.91 Å². The van der Waals surface area contributed by atoms with E-state index in [9.17, 15) is 9.90 Å². The van der Waals surface area contributed by atoms with Gasteiger partial charge in [-0.05, 0) is 66.1 Å². The predicted octanol–water partition coefficient (Wildman–Crippen LogP) is 2.69. The molecule has 4 aromatic rings. The number of aryl methyl sites for hydroxylation is 1. The first kappa shape index (κ1) is 22.0. The average molecular weight is 465 g/mol. The van der Waals surface area contributed by atoms with E-state index in [1.807, 2.05) is 31.2 Å². The number of hydrazone groups is 1. The van der Waals surface area contributed by atoms with Gasteiger partial charge in [-0.15, -0.1) is 16.9 Å². The number of nitrogens with one attached hydrogen (secondary N) is 1. The summed E-state index contributed by atoms with van der Waals surface area (Å²) in [5, 5.41) is 29.0. The molecule has 2 aromatic heterocycles. The molecule has 33 heavy (non-hydrogen) atoms. The molecule has 0 unspecified atom stereocenters. The zero-order valence-electron chi connectivity index (χ0n) is 17.8. The number of thioether (sulfide) groups is 1. The lowest BCUT2D eigenvalue weighted by Gasteiger charge is -2.06. The number of nitrogens with two attached hydrogens (primary N) is 1. The monoisotopic (exact) mass is 464 g/mol. The summed E-state index contributed by atoms with van der Waals surface area (Å²) in [6.07, 6.45) is 0. The molecule has 0 aliphatic rings. The molecular formula is C21H20N8O3S. The third kappa shape index (κ3) is 5.01. The molecule has 0 saturated heterocycles. The fourth-order valence-corrected chi connectivity index (χ4v) is 3.75. The fourth-order valence-electron chi connectivity index (χ4n) is 2.86. The molecule has 0 aliphatic heterocycles. The van der Waals surface area contributed by atoms with Gasteiger partial charge in [-0.1, -0.05) is 22.9 Å². The van der Waals surface area contributed by atoms with Gasteiger partial charge in [0.1, 0.15) is 5.75 Å². The molecule has 1 amide bonds. The van der Waals surface area contributed by atoms with Gasteiger partial charge in [0.25, 0.3) is 5.91 Å². The Balaban J connectivity index is 1.59. The average Bonchev–Trinajstić information content (AvgIpc) is 3.43. The standard InChI is InChI=1S/C21H20N8O3S/c1-12-3-9-16(10-4-12)33-11-17-18(24-28-29(17)20-19(22)26-32-27-20)21(31)25-23-13(2)14-5-7-15(30)8-6-14/h3-10,30H,11H2,1-2H3,(H2,22,26)(H,25,31). The highest BCUT2D eigenvalue weighted by Crippen LogP contribution is 2.26. The predicted molar refractivity (Wildman–Crippen MR) is 122 cm³/mol. The van der Waals surface area contributed by atoms with E-state index in [0.29, 0.717) is 17.2 Å². The lowest BCUT2D eigenvalue weighted by Crippen LogP contribution is -2.21. The number of hydrogen-bond donors (Lipinski definition) is 3. The van der Waals surface area contributed by atoms with Crippen LogP contribution in [-0.2, 0) is 5.75 Å². The fraction of sp³-hybridized carbons (Fsp3) is 0.143. The summed E-state index contributed by atoms with van der Waals surface area (Å²) in [7, 11) is 0. The number of aromatic hydroxyl groups is 1. The molecule has 12 heteroatoms. The first-order valence-electron chi connectivity index (χ1n) is 9.79. The van der Waals surface area contributed by atoms with E-state index in [2.05, 4.69) is 35.8 Å². The molecule has 0 aliphatic carbocycles. The lowest BCUT2D eigenvalue weighted by atomic mass is 10.1. The van der Waals surface area contributed by atoms with Crippen LogP contribution in [0, 0.1) is 6.92 Å². The van der Waals surface area contributed by atoms with Gasteiger partial charge in [-0.2, -0.15) is 9.78 Å². The van der Waals surface area contributed by atoms with Crippen LogP contribution in [0.3, 0.4) is 0 Å². The SMILES string of the molecule is CC(=NNC(=O)c1nnn(-c2nonc2N)c1CSc1ccc(C)cc1)c1ccc(O)cc1. The molecule has 2 heterocycles. The molecule has 0 atom stereocenters. The molecule has 168 valence electrons. The quantitative estimate of drug-likeness (QED) is 0.212. The summed E-state index contributed by atoms with van der Waals surface area (Å²) in [6.45, 7) is 3.75. The van der Waals surface area contributed by atoms with Gasteiger partial charge in [0.15, 0.2) is 5.69 Å². The Kier molecular flexibility index (Phi) is 6.36. The second-order valence-electron chi connectivity index (χ2n) is 7.06. The summed E-state index contributed by atoms with van der Waals surface area (Å²) in [4.78, 5) is 13.9. The zero-order valence-corrected chi connectivity index (χ0v) is 18.6. The van der Waals surface area contributed by atoms with Crippen molar-refractivity contribution in [3.8, 4) is 11.6 Å². The van der Waals surface area contributed by atoms with E-state index in [-0.39, 0.29) is 23.1 Å². The van der Waals surface area contributed by atoms with Crippen molar-refractivity contribution in [1.82, 2.24) is 30.7 Å². The van der Waals surface area contributed by atoms with Crippen molar-refractivity contribution in [1.29, 1.82) is 0 Å². The molecule has 2 aromatic carbocycles. The number of aromatic nitrogens is 5. The molecule has 0 saturated carbocycles. The number of amides is 1. The van der Waals surface area contributed by atoms with Gasteiger partial charge in [0, 0.05) is 10.6 Å². The first-order chi connectivity index (χ1) is 15.9. The summed E-state index contributed by atoms with van der Waals surface area (Å²) >= 11 is 1.50. The van der Waals surface area contributed by atoms with Gasteiger partial charge < -0.3 is 10.8 Å². The topological polar surface area (TPSA) is 157 Å². The number of hydrogen-bond acceptors (Lipinski definition) is 10. The molecule has 0 fully saturated rings. The first-order valence-corrected chi connectivity index (χ1v) is 10.8. The molecule has 11 nitrogen and oxygen atoms in total. The van der Waals surface area contributed by atoms with E-state index in [0.717, 1.165) is 16.0 Å². The van der Waals surface area contributed by atoms with Crippen molar-refractivity contribution < 1.29 is 14.5 Å². The van der Waals surface area contributed by atoms with Crippen LogP contribution in [0.4, 0.5) is 5.82 Å². The van der Waals surface area contributed by atoms with Crippen LogP contribution in [0.25, 0.3) is 5.82 Å². The highest BCUT2D eigenvalue weighted by molar-refractivity contribution is 7.98. The number of benzene rings is 2. The number of phenols is 1. The Bertz CT molecular complexity index is 1300. The number of carbonyl (C=O) groups excluding carboxylic acids is 1.